The van der Waals surface area contributed by atoms with E-state index >= 15 is 0 Å². The highest BCUT2D eigenvalue weighted by Crippen LogP contribution is 2.36. The van der Waals surface area contributed by atoms with Crippen molar-refractivity contribution in [2.24, 2.45) is 0 Å². The Morgan fingerprint density at radius 2 is 2.22 bits per heavy atom. The third-order valence-electron chi connectivity index (χ3n) is 5.03. The monoisotopic (exact) mass is 556 g/mol. The van der Waals surface area contributed by atoms with Gasteiger partial charge in [0.1, 0.15) is 18.5 Å². The Morgan fingerprint density at radius 3 is 2.88 bits per heavy atom. The van der Waals surface area contributed by atoms with E-state index < -0.39 is 18.2 Å². The fourth-order valence-corrected chi connectivity index (χ4v) is 4.15. The Kier molecular flexibility index (Phi) is 8.67. The summed E-state index contributed by atoms with van der Waals surface area (Å²) in [6, 6.07) is 4.52. The average molecular weight is 556 g/mol. The SMILES string of the molecule is COc1cc(C=O)cc(I)c1O[C@H]1C=C(C(=O)NCCO)C[C@@H](NCc2ccoc2)[C@@H]1O. The highest BCUT2D eigenvalue weighted by atomic mass is 127. The molecule has 4 N–H and O–H groups in total. The van der Waals surface area contributed by atoms with Crippen LogP contribution < -0.4 is 20.1 Å². The van der Waals surface area contributed by atoms with Gasteiger partial charge in [-0.3, -0.25) is 9.59 Å². The van der Waals surface area contributed by atoms with Gasteiger partial charge in [-0.2, -0.15) is 0 Å². The minimum atomic E-state index is -0.970. The maximum absolute atomic E-state index is 12.6. The molecular formula is C22H25IN2O7. The zero-order chi connectivity index (χ0) is 23.1. The zero-order valence-corrected chi connectivity index (χ0v) is 19.6. The van der Waals surface area contributed by atoms with Gasteiger partial charge in [0.25, 0.3) is 0 Å². The number of hydrogen-bond acceptors (Lipinski definition) is 8. The molecule has 32 heavy (non-hydrogen) atoms. The van der Waals surface area contributed by atoms with Crippen LogP contribution in [-0.4, -0.2) is 60.9 Å². The lowest BCUT2D eigenvalue weighted by molar-refractivity contribution is -0.118. The summed E-state index contributed by atoms with van der Waals surface area (Å²) in [6.07, 6.45) is 3.90. The van der Waals surface area contributed by atoms with E-state index in [1.165, 1.54) is 7.11 Å². The predicted octanol–water partition coefficient (Wildman–Crippen LogP) is 1.41. The third-order valence-corrected chi connectivity index (χ3v) is 5.83. The predicted molar refractivity (Wildman–Crippen MR) is 124 cm³/mol. The van der Waals surface area contributed by atoms with Crippen molar-refractivity contribution in [1.29, 1.82) is 0 Å². The minimum absolute atomic E-state index is 0.121. The lowest BCUT2D eigenvalue weighted by Crippen LogP contribution is -2.51. The van der Waals surface area contributed by atoms with Crippen molar-refractivity contribution < 1.29 is 33.7 Å². The molecule has 0 aliphatic heterocycles. The van der Waals surface area contributed by atoms with Crippen LogP contribution in [0.25, 0.3) is 0 Å². The summed E-state index contributed by atoms with van der Waals surface area (Å²) in [5.74, 6) is 0.372. The van der Waals surface area contributed by atoms with Crippen molar-refractivity contribution in [3.8, 4) is 11.5 Å². The Bertz CT molecular complexity index is 961. The number of hydrogen-bond donors (Lipinski definition) is 4. The van der Waals surface area contributed by atoms with Gasteiger partial charge in [-0.15, -0.1) is 0 Å². The number of carbonyl (C=O) groups is 2. The van der Waals surface area contributed by atoms with Crippen LogP contribution in [-0.2, 0) is 11.3 Å². The lowest BCUT2D eigenvalue weighted by atomic mass is 9.89. The fourth-order valence-electron chi connectivity index (χ4n) is 3.40. The zero-order valence-electron chi connectivity index (χ0n) is 17.4. The Morgan fingerprint density at radius 1 is 1.41 bits per heavy atom. The van der Waals surface area contributed by atoms with Crippen LogP contribution in [0.2, 0.25) is 0 Å². The largest absolute Gasteiger partial charge is 0.493 e. The molecule has 9 nitrogen and oxygen atoms in total. The van der Waals surface area contributed by atoms with Crippen LogP contribution in [0, 0.1) is 3.57 Å². The van der Waals surface area contributed by atoms with Crippen LogP contribution in [0.4, 0.5) is 0 Å². The van der Waals surface area contributed by atoms with Gasteiger partial charge in [0.2, 0.25) is 5.91 Å². The highest BCUT2D eigenvalue weighted by Gasteiger charge is 2.36. The van der Waals surface area contributed by atoms with Crippen molar-refractivity contribution in [3.63, 3.8) is 0 Å². The molecule has 0 saturated carbocycles. The van der Waals surface area contributed by atoms with Crippen LogP contribution in [0.3, 0.4) is 0 Å². The summed E-state index contributed by atoms with van der Waals surface area (Å²) in [4.78, 5) is 23.7. The molecule has 0 bridgehead atoms. The first-order valence-corrected chi connectivity index (χ1v) is 11.1. The Hall–Kier alpha value is -2.41. The van der Waals surface area contributed by atoms with Crippen molar-refractivity contribution in [2.45, 2.75) is 31.2 Å². The number of ether oxygens (including phenoxy) is 2. The van der Waals surface area contributed by atoms with E-state index in [2.05, 4.69) is 10.6 Å². The Balaban J connectivity index is 1.87. The summed E-state index contributed by atoms with van der Waals surface area (Å²) in [6.45, 7) is 0.379. The van der Waals surface area contributed by atoms with Crippen LogP contribution in [0.15, 0.2) is 46.8 Å². The second-order valence-corrected chi connectivity index (χ2v) is 8.38. The van der Waals surface area contributed by atoms with Gasteiger partial charge in [0.05, 0.1) is 29.8 Å². The van der Waals surface area contributed by atoms with E-state index in [0.717, 1.165) is 5.56 Å². The molecule has 1 aliphatic rings. The maximum Gasteiger partial charge on any atom is 0.247 e. The number of furan rings is 1. The van der Waals surface area contributed by atoms with E-state index in [1.807, 2.05) is 28.7 Å². The molecule has 0 saturated heterocycles. The van der Waals surface area contributed by atoms with Gasteiger partial charge in [-0.25, -0.2) is 0 Å². The molecule has 1 aromatic carbocycles. The fraction of sp³-hybridized carbons (Fsp3) is 0.364. The van der Waals surface area contributed by atoms with Crippen molar-refractivity contribution in [2.75, 3.05) is 20.3 Å². The molecular weight excluding hydrogens is 531 g/mol. The van der Waals surface area contributed by atoms with Crippen molar-refractivity contribution in [1.82, 2.24) is 10.6 Å². The molecule has 10 heteroatoms. The number of aliphatic hydroxyl groups excluding tert-OH is 2. The summed E-state index contributed by atoms with van der Waals surface area (Å²) in [7, 11) is 1.46. The maximum atomic E-state index is 12.6. The van der Waals surface area contributed by atoms with E-state index in [1.54, 1.807) is 30.7 Å². The number of nitrogens with one attached hydrogen (secondary N) is 2. The molecule has 3 rings (SSSR count). The normalized spacial score (nSPS) is 20.4. The molecule has 0 radical (unpaired) electrons. The summed E-state index contributed by atoms with van der Waals surface area (Å²) in [5.41, 5.74) is 1.76. The average Bonchev–Trinajstić information content (AvgIpc) is 3.32. The first kappa shape index (κ1) is 24.2. The van der Waals surface area contributed by atoms with Crippen molar-refractivity contribution >= 4 is 34.8 Å². The molecule has 1 amide bonds. The molecule has 172 valence electrons. The quantitative estimate of drug-likeness (QED) is 0.256. The second kappa shape index (κ2) is 11.5. The standard InChI is InChI=1S/C22H25IN2O7/c1-30-19-7-14(11-27)6-16(23)21(19)32-18-9-15(22(29)24-3-4-26)8-17(20(18)28)25-10-13-2-5-31-12-13/h2,5-7,9,11-12,17-18,20,25-26,28H,3-4,8,10H2,1H3,(H,24,29)/t17-,18+,20+/m1/s1. The number of aldehydes is 1. The molecule has 0 unspecified atom stereocenters. The molecule has 2 aromatic rings. The van der Waals surface area contributed by atoms with Crippen LogP contribution in [0.1, 0.15) is 22.3 Å². The van der Waals surface area contributed by atoms with E-state index in [4.69, 9.17) is 19.0 Å². The van der Waals surface area contributed by atoms with Gasteiger partial charge in [0.15, 0.2) is 11.5 Å². The number of amides is 1. The molecule has 1 aromatic heterocycles. The molecule has 1 heterocycles. The van der Waals surface area contributed by atoms with Crippen LogP contribution in [0.5, 0.6) is 11.5 Å². The minimum Gasteiger partial charge on any atom is -0.493 e. The number of aliphatic hydroxyl groups is 2. The molecule has 0 spiro atoms. The Labute approximate surface area is 198 Å². The van der Waals surface area contributed by atoms with E-state index in [0.29, 0.717) is 39.0 Å². The number of benzene rings is 1. The van der Waals surface area contributed by atoms with Gasteiger partial charge >= 0.3 is 0 Å². The lowest BCUT2D eigenvalue weighted by Gasteiger charge is -2.34. The number of methoxy groups -OCH3 is 1. The molecule has 1 aliphatic carbocycles. The first-order valence-electron chi connectivity index (χ1n) is 9.98. The van der Waals surface area contributed by atoms with Crippen LogP contribution >= 0.6 is 22.6 Å². The van der Waals surface area contributed by atoms with E-state index in [-0.39, 0.29) is 25.5 Å². The smallest absolute Gasteiger partial charge is 0.247 e. The highest BCUT2D eigenvalue weighted by molar-refractivity contribution is 14.1. The number of carbonyl (C=O) groups excluding carboxylic acids is 2. The van der Waals surface area contributed by atoms with Gasteiger partial charge in [-0.1, -0.05) is 0 Å². The van der Waals surface area contributed by atoms with E-state index in [9.17, 15) is 14.7 Å². The summed E-state index contributed by atoms with van der Waals surface area (Å²) in [5, 5.41) is 25.9. The molecule has 0 fully saturated rings. The summed E-state index contributed by atoms with van der Waals surface area (Å²) >= 11 is 2.03. The second-order valence-electron chi connectivity index (χ2n) is 7.22. The first-order chi connectivity index (χ1) is 15.5. The van der Waals surface area contributed by atoms with Gasteiger partial charge in [0, 0.05) is 35.8 Å². The molecule has 3 atom stereocenters. The third kappa shape index (κ3) is 5.88. The van der Waals surface area contributed by atoms with Crippen molar-refractivity contribution in [3.05, 3.63) is 57.1 Å². The topological polar surface area (TPSA) is 130 Å². The summed E-state index contributed by atoms with van der Waals surface area (Å²) < 4.78 is 17.2. The number of halogens is 1. The number of rotatable bonds is 10. The van der Waals surface area contributed by atoms with Gasteiger partial charge in [-0.05, 0) is 53.3 Å². The van der Waals surface area contributed by atoms with Gasteiger partial charge < -0.3 is 34.7 Å².